The maximum Gasteiger partial charge on any atom is 0.313 e. The maximum atomic E-state index is 11.0. The molecule has 4 heteroatoms. The van der Waals surface area contributed by atoms with Crippen LogP contribution in [0.25, 0.3) is 0 Å². The molecule has 0 radical (unpaired) electrons. The molecule has 0 N–H and O–H groups in total. The van der Waals surface area contributed by atoms with Gasteiger partial charge in [0.1, 0.15) is 18.3 Å². The molecule has 0 aliphatic carbocycles. The van der Waals surface area contributed by atoms with Crippen LogP contribution in [0.2, 0.25) is 0 Å². The Kier molecular flexibility index (Phi) is 3.89. The average Bonchev–Trinajstić information content (AvgIpc) is 2.04. The first-order chi connectivity index (χ1) is 6.18. The molecule has 0 saturated carbocycles. The van der Waals surface area contributed by atoms with Crippen LogP contribution in [-0.2, 0) is 19.1 Å². The Balaban J connectivity index is 2.22. The van der Waals surface area contributed by atoms with E-state index < -0.39 is 5.97 Å². The zero-order valence-corrected chi connectivity index (χ0v) is 7.75. The quantitative estimate of drug-likeness (QED) is 0.480. The summed E-state index contributed by atoms with van der Waals surface area (Å²) in [7, 11) is 0. The van der Waals surface area contributed by atoms with Crippen LogP contribution in [-0.4, -0.2) is 31.1 Å². The van der Waals surface area contributed by atoms with Crippen molar-refractivity contribution < 1.29 is 19.1 Å². The molecule has 1 aliphatic rings. The second kappa shape index (κ2) is 4.97. The summed E-state index contributed by atoms with van der Waals surface area (Å²) in [5, 5.41) is 0. The Bertz CT molecular complexity index is 194. The number of Topliss-reactive ketones (excluding diaryl/α,β-unsaturated/α-hetero) is 1. The third-order valence-corrected chi connectivity index (χ3v) is 1.86. The number of ether oxygens (including phenoxy) is 2. The zero-order chi connectivity index (χ0) is 9.68. The molecule has 13 heavy (non-hydrogen) atoms. The summed E-state index contributed by atoms with van der Waals surface area (Å²) < 4.78 is 10.2. The van der Waals surface area contributed by atoms with Crippen molar-refractivity contribution in [2.45, 2.75) is 32.3 Å². The molecule has 74 valence electrons. The van der Waals surface area contributed by atoms with Crippen molar-refractivity contribution in [2.75, 3.05) is 13.2 Å². The van der Waals surface area contributed by atoms with Gasteiger partial charge in [-0.1, -0.05) is 0 Å². The van der Waals surface area contributed by atoms with E-state index in [0.717, 1.165) is 12.8 Å². The predicted molar refractivity (Wildman–Crippen MR) is 45.2 cm³/mol. The Labute approximate surface area is 77.2 Å². The van der Waals surface area contributed by atoms with E-state index >= 15 is 0 Å². The number of hydrogen-bond acceptors (Lipinski definition) is 4. The molecule has 1 aliphatic heterocycles. The smallest absolute Gasteiger partial charge is 0.313 e. The summed E-state index contributed by atoms with van der Waals surface area (Å²) in [6, 6.07) is 0. The molecule has 1 heterocycles. The molecule has 1 fully saturated rings. The van der Waals surface area contributed by atoms with Crippen molar-refractivity contribution >= 4 is 11.8 Å². The highest BCUT2D eigenvalue weighted by atomic mass is 16.6. The van der Waals surface area contributed by atoms with E-state index in [4.69, 9.17) is 9.47 Å². The summed E-state index contributed by atoms with van der Waals surface area (Å²) in [6.45, 7) is 2.65. The molecule has 0 aromatic heterocycles. The van der Waals surface area contributed by atoms with Crippen molar-refractivity contribution in [1.82, 2.24) is 0 Å². The zero-order valence-electron chi connectivity index (χ0n) is 7.75. The predicted octanol–water partition coefficient (Wildman–Crippen LogP) is 0.688. The minimum atomic E-state index is -0.417. The maximum absolute atomic E-state index is 11.0. The molecular weight excluding hydrogens is 172 g/mol. The molecule has 0 bridgehead atoms. The standard InChI is InChI=1S/C9H14O4/c1-7(10)6-9(11)13-8-2-4-12-5-3-8/h8H,2-6H2,1H3. The van der Waals surface area contributed by atoms with Crippen molar-refractivity contribution in [1.29, 1.82) is 0 Å². The SMILES string of the molecule is CC(=O)CC(=O)OC1CCOCC1. The van der Waals surface area contributed by atoms with Gasteiger partial charge < -0.3 is 9.47 Å². The molecule has 0 unspecified atom stereocenters. The molecule has 0 spiro atoms. The van der Waals surface area contributed by atoms with E-state index in [9.17, 15) is 9.59 Å². The number of esters is 1. The molecule has 1 rings (SSSR count). The lowest BCUT2D eigenvalue weighted by Gasteiger charge is -2.21. The third kappa shape index (κ3) is 4.03. The number of carbonyl (C=O) groups is 2. The first-order valence-electron chi connectivity index (χ1n) is 4.45. The van der Waals surface area contributed by atoms with Gasteiger partial charge in [0, 0.05) is 12.8 Å². The summed E-state index contributed by atoms with van der Waals surface area (Å²) in [5.41, 5.74) is 0. The molecular formula is C9H14O4. The highest BCUT2D eigenvalue weighted by Crippen LogP contribution is 2.11. The molecule has 0 aromatic carbocycles. The van der Waals surface area contributed by atoms with Gasteiger partial charge in [-0.05, 0) is 6.92 Å². The van der Waals surface area contributed by atoms with Gasteiger partial charge in [-0.25, -0.2) is 0 Å². The van der Waals surface area contributed by atoms with Gasteiger partial charge in [0.15, 0.2) is 0 Å². The summed E-state index contributed by atoms with van der Waals surface area (Å²) in [6.07, 6.45) is 1.31. The number of carbonyl (C=O) groups excluding carboxylic acids is 2. The van der Waals surface area contributed by atoms with Gasteiger partial charge in [0.05, 0.1) is 13.2 Å². The van der Waals surface area contributed by atoms with E-state index in [1.165, 1.54) is 6.92 Å². The Morgan fingerprint density at radius 2 is 2.00 bits per heavy atom. The minimum absolute atomic E-state index is 0.0550. The molecule has 0 aromatic rings. The van der Waals surface area contributed by atoms with Crippen LogP contribution >= 0.6 is 0 Å². The number of rotatable bonds is 3. The van der Waals surface area contributed by atoms with Crippen LogP contribution in [0.5, 0.6) is 0 Å². The average molecular weight is 186 g/mol. The van der Waals surface area contributed by atoms with Crippen molar-refractivity contribution in [3.05, 3.63) is 0 Å². The lowest BCUT2D eigenvalue weighted by atomic mass is 10.1. The molecule has 1 saturated heterocycles. The van der Waals surface area contributed by atoms with Gasteiger partial charge in [-0.3, -0.25) is 9.59 Å². The fourth-order valence-electron chi connectivity index (χ4n) is 1.22. The molecule has 0 amide bonds. The largest absolute Gasteiger partial charge is 0.462 e. The first-order valence-corrected chi connectivity index (χ1v) is 4.45. The summed E-state index contributed by atoms with van der Waals surface area (Å²) >= 11 is 0. The summed E-state index contributed by atoms with van der Waals surface area (Å²) in [4.78, 5) is 21.6. The van der Waals surface area contributed by atoms with Gasteiger partial charge in [0.2, 0.25) is 0 Å². The normalized spacial score (nSPS) is 18.2. The van der Waals surface area contributed by atoms with Gasteiger partial charge in [-0.2, -0.15) is 0 Å². The van der Waals surface area contributed by atoms with Crippen LogP contribution in [0.4, 0.5) is 0 Å². The highest BCUT2D eigenvalue weighted by Gasteiger charge is 2.18. The summed E-state index contributed by atoms with van der Waals surface area (Å²) in [5.74, 6) is -0.573. The first kappa shape index (κ1) is 10.2. The molecule has 0 atom stereocenters. The van der Waals surface area contributed by atoms with Crippen LogP contribution in [0.15, 0.2) is 0 Å². The van der Waals surface area contributed by atoms with E-state index in [-0.39, 0.29) is 18.3 Å². The topological polar surface area (TPSA) is 52.6 Å². The van der Waals surface area contributed by atoms with Gasteiger partial charge in [-0.15, -0.1) is 0 Å². The second-order valence-electron chi connectivity index (χ2n) is 3.18. The van der Waals surface area contributed by atoms with Gasteiger partial charge >= 0.3 is 5.97 Å². The van der Waals surface area contributed by atoms with E-state index in [2.05, 4.69) is 0 Å². The second-order valence-corrected chi connectivity index (χ2v) is 3.18. The van der Waals surface area contributed by atoms with Crippen molar-refractivity contribution in [2.24, 2.45) is 0 Å². The van der Waals surface area contributed by atoms with Crippen LogP contribution in [0.1, 0.15) is 26.2 Å². The fourth-order valence-corrected chi connectivity index (χ4v) is 1.22. The third-order valence-electron chi connectivity index (χ3n) is 1.86. The Morgan fingerprint density at radius 1 is 1.38 bits per heavy atom. The monoisotopic (exact) mass is 186 g/mol. The number of hydrogen-bond donors (Lipinski definition) is 0. The fraction of sp³-hybridized carbons (Fsp3) is 0.778. The minimum Gasteiger partial charge on any atom is -0.462 e. The highest BCUT2D eigenvalue weighted by molar-refractivity contribution is 5.94. The van der Waals surface area contributed by atoms with Gasteiger partial charge in [0.25, 0.3) is 0 Å². The lowest BCUT2D eigenvalue weighted by molar-refractivity contribution is -0.154. The Morgan fingerprint density at radius 3 is 2.54 bits per heavy atom. The van der Waals surface area contributed by atoms with Crippen LogP contribution in [0.3, 0.4) is 0 Å². The van der Waals surface area contributed by atoms with Crippen LogP contribution in [0, 0.1) is 0 Å². The van der Waals surface area contributed by atoms with E-state index in [0.29, 0.717) is 13.2 Å². The molecule has 4 nitrogen and oxygen atoms in total. The number of ketones is 1. The van der Waals surface area contributed by atoms with E-state index in [1.807, 2.05) is 0 Å². The van der Waals surface area contributed by atoms with Crippen molar-refractivity contribution in [3.8, 4) is 0 Å². The van der Waals surface area contributed by atoms with Crippen LogP contribution < -0.4 is 0 Å². The van der Waals surface area contributed by atoms with E-state index in [1.54, 1.807) is 0 Å². The Hall–Kier alpha value is -0.900. The van der Waals surface area contributed by atoms with Crippen molar-refractivity contribution in [3.63, 3.8) is 0 Å². The lowest BCUT2D eigenvalue weighted by Crippen LogP contribution is -2.26.